The molecule has 8 aromatic rings. The van der Waals surface area contributed by atoms with Crippen LogP contribution < -0.4 is 40.2 Å². The Morgan fingerprint density at radius 1 is 0.382 bits per heavy atom. The molecule has 0 saturated carbocycles. The second-order valence-corrected chi connectivity index (χ2v) is 13.9. The van der Waals surface area contributed by atoms with Crippen LogP contribution in [-0.4, -0.2) is 54.0 Å². The maximum Gasteiger partial charge on any atom is 0.125 e. The lowest BCUT2D eigenvalue weighted by molar-refractivity contribution is 0.193. The highest BCUT2D eigenvalue weighted by Crippen LogP contribution is 2.30. The van der Waals surface area contributed by atoms with Crippen LogP contribution in [0.2, 0.25) is 0 Å². The molecule has 0 heterocycles. The first-order valence-corrected chi connectivity index (χ1v) is 21.6. The summed E-state index contributed by atoms with van der Waals surface area (Å²) in [7, 11) is 0. The molecule has 8 nitrogen and oxygen atoms in total. The van der Waals surface area contributed by atoms with Crippen molar-refractivity contribution >= 4 is 0 Å². The Balaban J connectivity index is 0.000000322. The van der Waals surface area contributed by atoms with Crippen LogP contribution in [0.3, 0.4) is 0 Å². The van der Waals surface area contributed by atoms with Crippen LogP contribution in [0.5, 0.6) is 23.0 Å². The first-order chi connectivity index (χ1) is 61.1. The Morgan fingerprint density at radius 3 is 1.13 bits per heavy atom. The van der Waals surface area contributed by atoms with Crippen LogP contribution >= 0.6 is 0 Å². The highest BCUT2D eigenvalue weighted by atomic mass is 16.5. The third-order valence-electron chi connectivity index (χ3n) is 8.86. The van der Waals surface area contributed by atoms with Gasteiger partial charge in [-0.3, -0.25) is 0 Å². The Hall–Kier alpha value is -7.20. The minimum atomic E-state index is -4.08. The van der Waals surface area contributed by atoms with Gasteiger partial charge in [-0.1, -0.05) is 194 Å². The molecule has 0 spiro atoms. The van der Waals surface area contributed by atoms with Gasteiger partial charge >= 0.3 is 0 Å². The van der Waals surface area contributed by atoms with Gasteiger partial charge in [0, 0.05) is 69.5 Å². The predicted molar refractivity (Wildman–Crippen MR) is 318 cm³/mol. The second-order valence-electron chi connectivity index (χ2n) is 13.9. The van der Waals surface area contributed by atoms with E-state index in [0.29, 0.717) is 5.56 Å². The van der Waals surface area contributed by atoms with Gasteiger partial charge in [0.05, 0.1) is 38.4 Å². The van der Waals surface area contributed by atoms with Gasteiger partial charge in [-0.15, -0.1) is 0 Å². The smallest absolute Gasteiger partial charge is 0.125 e. The molecule has 0 fully saturated rings. The van der Waals surface area contributed by atoms with Gasteiger partial charge in [-0.2, -0.15) is 0 Å². The SMILES string of the molecule is [2H]c1c([2H])c([2H])c(C(CCNC([2H])([2H])[2H])Oc2c([2H])c([2H])c([2H])c([2H])c2C([2H])([2H])[2H])c([2H])c1[2H].[2H]c1c([2H])c([2H])c(C([2H])(Oc2c([2H])c([2H])c([2H])c([2H])c2C([2H])([2H])[2H])C([2H])([2H])C([2H])([2H])NC([2H])([2H])[2H])c([2H])c1[2H].[2H]c1c([2H])c([2H])c(C([2H])([2H])[2H])c(OC(CCNC([2H])([2H])[2H])c2ccccc2)c1[2H].[2H]c1c([2H])c([2H])c(C([2H])([2H])[2H])c(OC([2H])(c2ccccc2)C([2H])([2H])C([2H])([2H])NC([2H])([2H])[2H])c1[2H]. The van der Waals surface area contributed by atoms with Crippen molar-refractivity contribution in [3.8, 4) is 23.0 Å². The average Bonchev–Trinajstić information content (AvgIpc) is 0.709. The summed E-state index contributed by atoms with van der Waals surface area (Å²) in [6, 6.07) is -8.63. The minimum absolute atomic E-state index is 0.0183. The fourth-order valence-corrected chi connectivity index (χ4v) is 5.50. The lowest BCUT2D eigenvalue weighted by atomic mass is 10.1. The third kappa shape index (κ3) is 21.2. The number of hydrogen-bond donors (Lipinski definition) is 4. The fraction of sp³-hybridized carbons (Fsp3) is 0.294. The van der Waals surface area contributed by atoms with E-state index < -0.39 is 319 Å². The van der Waals surface area contributed by atoms with Crippen LogP contribution in [0.1, 0.15) is 177 Å². The monoisotopic (exact) mass is 1080 g/mol. The summed E-state index contributed by atoms with van der Waals surface area (Å²) in [5.41, 5.74) is -5.35. The molecule has 0 saturated heterocycles. The van der Waals surface area contributed by atoms with Gasteiger partial charge in [0.25, 0.3) is 0 Å². The van der Waals surface area contributed by atoms with Gasteiger partial charge in [-0.05, 0) is 150 Å². The lowest BCUT2D eigenvalue weighted by Crippen LogP contribution is -2.16. The minimum Gasteiger partial charge on any atom is -0.485 e. The number of ether oxygens (including phenoxy) is 4. The van der Waals surface area contributed by atoms with E-state index in [1.807, 2.05) is 0 Å². The zero-order chi connectivity index (χ0) is 106. The zero-order valence-electron chi connectivity index (χ0n) is 99.4. The van der Waals surface area contributed by atoms with Crippen LogP contribution in [0.15, 0.2) is 218 Å². The first-order valence-electron chi connectivity index (χ1n) is 51.6. The van der Waals surface area contributed by atoms with Crippen molar-refractivity contribution in [1.29, 1.82) is 0 Å². The van der Waals surface area contributed by atoms with E-state index >= 15 is 0 Å². The lowest BCUT2D eigenvalue weighted by Gasteiger charge is -2.20. The summed E-state index contributed by atoms with van der Waals surface area (Å²) >= 11 is 0. The fourth-order valence-electron chi connectivity index (χ4n) is 5.50. The van der Waals surface area contributed by atoms with Gasteiger partial charge < -0.3 is 40.2 Å². The van der Waals surface area contributed by atoms with Crippen LogP contribution in [-0.2, 0) is 0 Å². The summed E-state index contributed by atoms with van der Waals surface area (Å²) in [5.74, 6) is -3.73. The van der Waals surface area contributed by atoms with E-state index in [2.05, 4.69) is 10.6 Å². The molecule has 0 amide bonds. The van der Waals surface area contributed by atoms with Crippen molar-refractivity contribution in [2.24, 2.45) is 0 Å². The molecule has 0 radical (unpaired) electrons. The Bertz CT molecular complexity index is 5590. The van der Waals surface area contributed by atoms with Gasteiger partial charge in [0.1, 0.15) is 47.4 Å². The molecule has 8 heteroatoms. The molecule has 8 rings (SSSR count). The van der Waals surface area contributed by atoms with Crippen molar-refractivity contribution < 1.29 is 101 Å². The molecule has 76 heavy (non-hydrogen) atoms. The summed E-state index contributed by atoms with van der Waals surface area (Å²) in [6.45, 7) is -31.6. The molecule has 4 unspecified atom stereocenters. The Morgan fingerprint density at radius 2 is 0.724 bits per heavy atom. The quantitative estimate of drug-likeness (QED) is 0.0476. The van der Waals surface area contributed by atoms with E-state index in [4.69, 9.17) is 101 Å². The Kier molecular flexibility index (Phi) is 8.29. The maximum absolute atomic E-state index is 8.94. The zero-order valence-corrected chi connectivity index (χ0v) is 39.4. The molecule has 8 aromatic carbocycles. The molecule has 0 aliphatic heterocycles. The highest BCUT2D eigenvalue weighted by molar-refractivity contribution is 5.36. The van der Waals surface area contributed by atoms with Gasteiger partial charge in [-0.25, -0.2) is 0 Å². The second kappa shape index (κ2) is 35.1. The molecule has 0 bridgehead atoms. The topological polar surface area (TPSA) is 85.0 Å². The third-order valence-corrected chi connectivity index (χ3v) is 8.86. The average molecular weight is 1080 g/mol. The van der Waals surface area contributed by atoms with Crippen LogP contribution in [0, 0.1) is 27.4 Å². The van der Waals surface area contributed by atoms with Crippen LogP contribution in [0.4, 0.5) is 0 Å². The highest BCUT2D eigenvalue weighted by Gasteiger charge is 2.17. The van der Waals surface area contributed by atoms with Crippen molar-refractivity contribution in [2.75, 3.05) is 54.0 Å². The predicted octanol–water partition coefficient (Wildman–Crippen LogP) is 14.9. The molecule has 0 aliphatic carbocycles. The van der Waals surface area contributed by atoms with E-state index in [-0.39, 0.29) is 31.5 Å². The molecule has 0 aliphatic rings. The molecule has 400 valence electrons. The summed E-state index contributed by atoms with van der Waals surface area (Å²) in [6.07, 6.45) is -17.4. The molecular weight excluding hydrogens is 937 g/mol. The largest absolute Gasteiger partial charge is 0.485 e. The van der Waals surface area contributed by atoms with Crippen LogP contribution in [0.25, 0.3) is 0 Å². The van der Waals surface area contributed by atoms with E-state index in [1.54, 1.807) is 30.3 Å². The molecule has 4 N–H and O–H groups in total. The number of benzene rings is 8. The molecule has 4 atom stereocenters. The Labute approximate surface area is 540 Å². The van der Waals surface area contributed by atoms with Crippen molar-refractivity contribution in [3.05, 3.63) is 262 Å². The number of hydrogen-bond acceptors (Lipinski definition) is 8. The summed E-state index contributed by atoms with van der Waals surface area (Å²) < 4.78 is 493. The van der Waals surface area contributed by atoms with E-state index in [1.165, 1.54) is 28.8 Å². The number of para-hydroxylation sites is 4. The van der Waals surface area contributed by atoms with E-state index in [0.717, 1.165) is 12.1 Å². The van der Waals surface area contributed by atoms with Crippen molar-refractivity contribution in [1.82, 2.24) is 21.3 Å². The summed E-state index contributed by atoms with van der Waals surface area (Å²) in [5, 5.41) is 7.34. The molecule has 0 aromatic heterocycles. The normalized spacial score (nSPS) is 26.4. The number of rotatable bonds is 24. The van der Waals surface area contributed by atoms with Crippen molar-refractivity contribution in [3.63, 3.8) is 0 Å². The van der Waals surface area contributed by atoms with Gasteiger partial charge in [0.15, 0.2) is 0 Å². The van der Waals surface area contributed by atoms with Crippen molar-refractivity contribution in [2.45, 2.75) is 77.4 Å². The standard InChI is InChI=1S/4C17H21NO/c4*1-14-8-6-7-11-16(14)19-17(12-13-18-2)15-9-4-3-5-10-15/h4*3-11,17-18H,12-13H2,1-2H3/i1D3,2D3,3D,4D,5D,6D,7D,8D,9D,10D,11D,12D2,13D2,17D;1D3,2D3,3D,4D,5D,6D,7D,8D,9D,10D,11D;1D3,2D3,6D,7D,8D,11D,12D2,13D2,17D;1D3,2D3,6D,7D,8D,11D. The molecular formula is C68H84N4O4. The maximum atomic E-state index is 8.94. The first kappa shape index (κ1) is 17.9. The van der Waals surface area contributed by atoms with E-state index in [9.17, 15) is 0 Å². The summed E-state index contributed by atoms with van der Waals surface area (Å²) in [4.78, 5) is 0. The van der Waals surface area contributed by atoms with Gasteiger partial charge in [0.2, 0.25) is 0 Å². The number of nitrogens with one attached hydrogen (secondary N) is 4.